The SMILES string of the molecule is COC(=O)Cc1csc(NCC2Cc3ccccc32)n1. The van der Waals surface area contributed by atoms with Gasteiger partial charge in [-0.3, -0.25) is 4.79 Å². The Kier molecular flexibility index (Phi) is 3.69. The van der Waals surface area contributed by atoms with Gasteiger partial charge in [0, 0.05) is 17.8 Å². The molecule has 0 bridgehead atoms. The van der Waals surface area contributed by atoms with Crippen LogP contribution >= 0.6 is 11.3 Å². The Morgan fingerprint density at radius 2 is 2.35 bits per heavy atom. The maximum atomic E-state index is 11.2. The Bertz CT molecular complexity index is 624. The van der Waals surface area contributed by atoms with Gasteiger partial charge in [0.1, 0.15) is 0 Å². The van der Waals surface area contributed by atoms with Crippen molar-refractivity contribution in [2.75, 3.05) is 19.0 Å². The molecule has 0 fully saturated rings. The number of anilines is 1. The van der Waals surface area contributed by atoms with Gasteiger partial charge in [-0.25, -0.2) is 4.98 Å². The fourth-order valence-electron chi connectivity index (χ4n) is 2.44. The average Bonchev–Trinajstić information content (AvgIpc) is 2.87. The molecule has 1 aliphatic carbocycles. The van der Waals surface area contributed by atoms with Crippen molar-refractivity contribution in [2.45, 2.75) is 18.8 Å². The monoisotopic (exact) mass is 288 g/mol. The van der Waals surface area contributed by atoms with Crippen LogP contribution < -0.4 is 5.32 Å². The molecule has 4 nitrogen and oxygen atoms in total. The summed E-state index contributed by atoms with van der Waals surface area (Å²) < 4.78 is 4.63. The lowest BCUT2D eigenvalue weighted by Crippen LogP contribution is -2.24. The molecule has 0 saturated carbocycles. The molecule has 0 spiro atoms. The number of hydrogen-bond acceptors (Lipinski definition) is 5. The number of rotatable bonds is 5. The van der Waals surface area contributed by atoms with Crippen molar-refractivity contribution in [3.63, 3.8) is 0 Å². The number of fused-ring (bicyclic) bond motifs is 1. The maximum Gasteiger partial charge on any atom is 0.311 e. The van der Waals surface area contributed by atoms with Crippen LogP contribution in [0.15, 0.2) is 29.6 Å². The highest BCUT2D eigenvalue weighted by Crippen LogP contribution is 2.34. The van der Waals surface area contributed by atoms with E-state index in [4.69, 9.17) is 0 Å². The molecule has 1 unspecified atom stereocenters. The van der Waals surface area contributed by atoms with Crippen molar-refractivity contribution < 1.29 is 9.53 Å². The van der Waals surface area contributed by atoms with E-state index < -0.39 is 0 Å². The zero-order valence-corrected chi connectivity index (χ0v) is 12.1. The van der Waals surface area contributed by atoms with Crippen LogP contribution in [0.5, 0.6) is 0 Å². The number of ether oxygens (including phenoxy) is 1. The number of nitrogens with one attached hydrogen (secondary N) is 1. The lowest BCUT2D eigenvalue weighted by Gasteiger charge is -2.30. The Labute approximate surface area is 121 Å². The molecule has 2 aromatic rings. The van der Waals surface area contributed by atoms with E-state index in [0.29, 0.717) is 5.92 Å². The summed E-state index contributed by atoms with van der Waals surface area (Å²) >= 11 is 1.53. The molecule has 0 saturated heterocycles. The van der Waals surface area contributed by atoms with Gasteiger partial charge in [-0.15, -0.1) is 11.3 Å². The molecule has 0 amide bonds. The molecule has 1 aromatic carbocycles. The average molecular weight is 288 g/mol. The van der Waals surface area contributed by atoms with Crippen molar-refractivity contribution in [3.8, 4) is 0 Å². The largest absolute Gasteiger partial charge is 0.469 e. The molecular weight excluding hydrogens is 272 g/mol. The molecule has 5 heteroatoms. The molecule has 1 aromatic heterocycles. The summed E-state index contributed by atoms with van der Waals surface area (Å²) in [6.07, 6.45) is 1.37. The third-order valence-electron chi connectivity index (χ3n) is 3.57. The molecule has 20 heavy (non-hydrogen) atoms. The van der Waals surface area contributed by atoms with Crippen molar-refractivity contribution in [1.29, 1.82) is 0 Å². The van der Waals surface area contributed by atoms with Gasteiger partial charge in [0.05, 0.1) is 19.2 Å². The summed E-state index contributed by atoms with van der Waals surface area (Å²) in [5.41, 5.74) is 3.65. The van der Waals surface area contributed by atoms with Crippen molar-refractivity contribution in [2.24, 2.45) is 0 Å². The minimum atomic E-state index is -0.255. The van der Waals surface area contributed by atoms with Gasteiger partial charge in [0.15, 0.2) is 5.13 Å². The van der Waals surface area contributed by atoms with Crippen LogP contribution in [0.2, 0.25) is 0 Å². The van der Waals surface area contributed by atoms with Crippen LogP contribution in [0.4, 0.5) is 5.13 Å². The highest BCUT2D eigenvalue weighted by atomic mass is 32.1. The summed E-state index contributed by atoms with van der Waals surface area (Å²) in [5, 5.41) is 6.12. The lowest BCUT2D eigenvalue weighted by molar-refractivity contribution is -0.139. The first-order valence-electron chi connectivity index (χ1n) is 6.59. The summed E-state index contributed by atoms with van der Waals surface area (Å²) in [6, 6.07) is 8.55. The molecule has 1 heterocycles. The summed E-state index contributed by atoms with van der Waals surface area (Å²) in [7, 11) is 1.39. The van der Waals surface area contributed by atoms with Crippen molar-refractivity contribution in [3.05, 3.63) is 46.5 Å². The van der Waals surface area contributed by atoms with Gasteiger partial charge in [-0.2, -0.15) is 0 Å². The summed E-state index contributed by atoms with van der Waals surface area (Å²) in [5.74, 6) is 0.314. The van der Waals surface area contributed by atoms with Gasteiger partial charge < -0.3 is 10.1 Å². The fraction of sp³-hybridized carbons (Fsp3) is 0.333. The van der Waals surface area contributed by atoms with E-state index in [1.54, 1.807) is 0 Å². The summed E-state index contributed by atoms with van der Waals surface area (Å²) in [4.78, 5) is 15.6. The minimum Gasteiger partial charge on any atom is -0.469 e. The van der Waals surface area contributed by atoms with Gasteiger partial charge in [-0.1, -0.05) is 24.3 Å². The number of carbonyl (C=O) groups is 1. The highest BCUT2D eigenvalue weighted by molar-refractivity contribution is 7.13. The predicted octanol–water partition coefficient (Wildman–Crippen LogP) is 2.61. The Hall–Kier alpha value is -1.88. The van der Waals surface area contributed by atoms with Crippen LogP contribution in [-0.4, -0.2) is 24.6 Å². The van der Waals surface area contributed by atoms with Crippen LogP contribution in [0, 0.1) is 0 Å². The van der Waals surface area contributed by atoms with E-state index in [9.17, 15) is 4.79 Å². The number of carbonyl (C=O) groups excluding carboxylic acids is 1. The minimum absolute atomic E-state index is 0.237. The molecule has 0 radical (unpaired) electrons. The van der Waals surface area contributed by atoms with E-state index >= 15 is 0 Å². The van der Waals surface area contributed by atoms with Crippen molar-refractivity contribution >= 4 is 22.4 Å². The summed E-state index contributed by atoms with van der Waals surface area (Å²) in [6.45, 7) is 0.891. The third-order valence-corrected chi connectivity index (χ3v) is 4.41. The van der Waals surface area contributed by atoms with Gasteiger partial charge in [0.25, 0.3) is 0 Å². The van der Waals surface area contributed by atoms with Gasteiger partial charge in [0.2, 0.25) is 0 Å². The molecular formula is C15H16N2O2S. The second-order valence-corrected chi connectivity index (χ2v) is 5.74. The number of nitrogens with zero attached hydrogens (tertiary/aromatic N) is 1. The zero-order chi connectivity index (χ0) is 13.9. The second kappa shape index (κ2) is 5.63. The van der Waals surface area contributed by atoms with E-state index in [2.05, 4.69) is 39.3 Å². The van der Waals surface area contributed by atoms with E-state index in [1.807, 2.05) is 5.38 Å². The first-order valence-corrected chi connectivity index (χ1v) is 7.47. The van der Waals surface area contributed by atoms with Gasteiger partial charge >= 0.3 is 5.97 Å². The number of benzene rings is 1. The molecule has 104 valence electrons. The first kappa shape index (κ1) is 13.1. The van der Waals surface area contributed by atoms with Crippen LogP contribution in [-0.2, 0) is 22.4 Å². The number of esters is 1. The Morgan fingerprint density at radius 1 is 1.50 bits per heavy atom. The molecule has 1 aliphatic rings. The first-order chi connectivity index (χ1) is 9.76. The lowest BCUT2D eigenvalue weighted by atomic mass is 9.78. The fourth-order valence-corrected chi connectivity index (χ4v) is 3.17. The van der Waals surface area contributed by atoms with E-state index in [-0.39, 0.29) is 12.4 Å². The van der Waals surface area contributed by atoms with Crippen LogP contribution in [0.3, 0.4) is 0 Å². The third kappa shape index (κ3) is 2.67. The number of hydrogen-bond donors (Lipinski definition) is 1. The molecule has 3 rings (SSSR count). The van der Waals surface area contributed by atoms with Crippen molar-refractivity contribution in [1.82, 2.24) is 4.98 Å². The van der Waals surface area contributed by atoms with E-state index in [1.165, 1.54) is 29.6 Å². The number of thiazole rings is 1. The van der Waals surface area contributed by atoms with Crippen LogP contribution in [0.1, 0.15) is 22.7 Å². The van der Waals surface area contributed by atoms with E-state index in [0.717, 1.165) is 23.8 Å². The normalized spacial score (nSPS) is 16.1. The zero-order valence-electron chi connectivity index (χ0n) is 11.3. The predicted molar refractivity (Wildman–Crippen MR) is 79.2 cm³/mol. The molecule has 0 aliphatic heterocycles. The Morgan fingerprint density at radius 3 is 3.15 bits per heavy atom. The standard InChI is InChI=1S/C15H16N2O2S/c1-19-14(18)7-12-9-20-15(17-12)16-8-11-6-10-4-2-3-5-13(10)11/h2-5,9,11H,6-8H2,1H3,(H,16,17). The molecule has 1 atom stereocenters. The number of aromatic nitrogens is 1. The number of methoxy groups -OCH3 is 1. The molecule has 1 N–H and O–H groups in total. The second-order valence-electron chi connectivity index (χ2n) is 4.88. The smallest absolute Gasteiger partial charge is 0.311 e. The van der Waals surface area contributed by atoms with Gasteiger partial charge in [-0.05, 0) is 17.5 Å². The topological polar surface area (TPSA) is 51.2 Å². The highest BCUT2D eigenvalue weighted by Gasteiger charge is 2.25. The Balaban J connectivity index is 1.54. The van der Waals surface area contributed by atoms with Crippen LogP contribution in [0.25, 0.3) is 0 Å². The quantitative estimate of drug-likeness (QED) is 0.859. The maximum absolute atomic E-state index is 11.2.